The molecule has 0 radical (unpaired) electrons. The fourth-order valence-electron chi connectivity index (χ4n) is 11.5. The van der Waals surface area contributed by atoms with E-state index in [0.717, 1.165) is 61.0 Å². The lowest BCUT2D eigenvalue weighted by molar-refractivity contribution is -0.139. The second-order valence-corrected chi connectivity index (χ2v) is 17.2. The van der Waals surface area contributed by atoms with Gasteiger partial charge in [-0.3, -0.25) is 0 Å². The molecule has 0 amide bonds. The number of benzene rings is 2. The summed E-state index contributed by atoms with van der Waals surface area (Å²) >= 11 is 0. The van der Waals surface area contributed by atoms with Crippen LogP contribution in [-0.4, -0.2) is 24.3 Å². The number of carbonyl (C=O) groups excluding carboxylic acids is 1. The molecular weight excluding hydrogens is 580 g/mol. The predicted molar refractivity (Wildman–Crippen MR) is 191 cm³/mol. The second kappa shape index (κ2) is 13.4. The summed E-state index contributed by atoms with van der Waals surface area (Å²) < 4.78 is 13.4. The van der Waals surface area contributed by atoms with Gasteiger partial charge in [-0.25, -0.2) is 4.79 Å². The van der Waals surface area contributed by atoms with Gasteiger partial charge in [0.15, 0.2) is 0 Å². The number of hydrogen-bond donors (Lipinski definition) is 2. The van der Waals surface area contributed by atoms with Crippen LogP contribution in [0.3, 0.4) is 0 Å². The van der Waals surface area contributed by atoms with E-state index in [2.05, 4.69) is 39.8 Å². The van der Waals surface area contributed by atoms with Crippen molar-refractivity contribution in [2.75, 3.05) is 11.5 Å². The largest absolute Gasteiger partial charge is 0.458 e. The number of carbonyl (C=O) groups is 1. The first kappa shape index (κ1) is 33.0. The van der Waals surface area contributed by atoms with Crippen LogP contribution in [0.2, 0.25) is 0 Å². The quantitative estimate of drug-likeness (QED) is 0.199. The van der Waals surface area contributed by atoms with E-state index in [9.17, 15) is 4.79 Å². The summed E-state index contributed by atoms with van der Waals surface area (Å²) in [7, 11) is 0. The number of ether oxygens (including phenoxy) is 2. The Balaban J connectivity index is 1.07. The van der Waals surface area contributed by atoms with Crippen molar-refractivity contribution >= 4 is 17.3 Å². The van der Waals surface area contributed by atoms with Crippen molar-refractivity contribution in [3.8, 4) is 0 Å². The Morgan fingerprint density at radius 3 is 2.21 bits per heavy atom. The molecule has 5 nitrogen and oxygen atoms in total. The van der Waals surface area contributed by atoms with E-state index in [0.29, 0.717) is 46.4 Å². The fourth-order valence-corrected chi connectivity index (χ4v) is 11.5. The van der Waals surface area contributed by atoms with Crippen molar-refractivity contribution in [3.63, 3.8) is 0 Å². The molecule has 12 unspecified atom stereocenters. The second-order valence-electron chi connectivity index (χ2n) is 17.2. The first-order chi connectivity index (χ1) is 22.6. The number of rotatable bonds is 10. The third-order valence-electron chi connectivity index (χ3n) is 14.0. The van der Waals surface area contributed by atoms with Gasteiger partial charge >= 0.3 is 5.97 Å². The van der Waals surface area contributed by atoms with Crippen molar-refractivity contribution in [2.45, 2.75) is 129 Å². The van der Waals surface area contributed by atoms with Gasteiger partial charge in [-0.15, -0.1) is 0 Å². The topological polar surface area (TPSA) is 87.6 Å². The molecule has 256 valence electrons. The maximum Gasteiger partial charge on any atom is 0.338 e. The SMILES string of the molecule is CC(C)CCCC(C)C1CCC2C3CC(OC(=O)c4ccc(N)cc4)C4CC(OC5CC5c5ccc(N)cc5)CCC4C3CCC12C. The maximum atomic E-state index is 13.6. The summed E-state index contributed by atoms with van der Waals surface area (Å²) in [5.41, 5.74) is 15.7. The average Bonchev–Trinajstić information content (AvgIpc) is 3.71. The highest BCUT2D eigenvalue weighted by Crippen LogP contribution is 2.66. The van der Waals surface area contributed by atoms with Crippen molar-refractivity contribution in [1.29, 1.82) is 0 Å². The Morgan fingerprint density at radius 1 is 0.787 bits per heavy atom. The molecule has 0 bridgehead atoms. The molecule has 5 aliphatic carbocycles. The van der Waals surface area contributed by atoms with E-state index < -0.39 is 0 Å². The molecule has 5 fully saturated rings. The number of nitrogens with two attached hydrogens (primary N) is 2. The summed E-state index contributed by atoms with van der Waals surface area (Å²) in [6.45, 7) is 9.92. The monoisotopic (exact) mass is 640 g/mol. The van der Waals surface area contributed by atoms with Crippen LogP contribution in [-0.2, 0) is 9.47 Å². The molecule has 5 aliphatic rings. The number of fused-ring (bicyclic) bond motifs is 5. The summed E-state index contributed by atoms with van der Waals surface area (Å²) in [5, 5.41) is 0. The van der Waals surface area contributed by atoms with Gasteiger partial charge in [0.2, 0.25) is 0 Å². The van der Waals surface area contributed by atoms with Gasteiger partial charge in [0.25, 0.3) is 0 Å². The Morgan fingerprint density at radius 2 is 1.49 bits per heavy atom. The van der Waals surface area contributed by atoms with Crippen molar-refractivity contribution in [2.24, 2.45) is 52.8 Å². The van der Waals surface area contributed by atoms with Crippen LogP contribution in [0.15, 0.2) is 48.5 Å². The Bertz CT molecular complexity index is 1370. The van der Waals surface area contributed by atoms with Gasteiger partial charge in [-0.05, 0) is 147 Å². The molecule has 47 heavy (non-hydrogen) atoms. The standard InChI is InChI=1S/C42H60N2O3/c1-25(2)6-5-7-26(3)37-18-19-38-35-24-40(47-41(45)28-10-14-30(44)15-11-28)36-22-31(16-17-32(36)33(35)20-21-42(37,38)4)46-39-23-34(39)27-8-12-29(43)13-9-27/h8-15,25-26,31-40H,5-7,16-24,43-44H2,1-4H3. The first-order valence-corrected chi connectivity index (χ1v) is 19.2. The maximum absolute atomic E-state index is 13.6. The van der Waals surface area contributed by atoms with E-state index in [1.54, 1.807) is 0 Å². The van der Waals surface area contributed by atoms with E-state index >= 15 is 0 Å². The van der Waals surface area contributed by atoms with Crippen LogP contribution < -0.4 is 11.5 Å². The molecule has 2 aromatic carbocycles. The first-order valence-electron chi connectivity index (χ1n) is 19.2. The minimum Gasteiger partial charge on any atom is -0.458 e. The molecule has 0 aliphatic heterocycles. The van der Waals surface area contributed by atoms with Crippen LogP contribution in [0.4, 0.5) is 11.4 Å². The lowest BCUT2D eigenvalue weighted by Crippen LogP contribution is -2.54. The molecule has 0 spiro atoms. The lowest BCUT2D eigenvalue weighted by Gasteiger charge is -2.58. The summed E-state index contributed by atoms with van der Waals surface area (Å²) in [5.74, 6) is 5.85. The Labute approximate surface area is 283 Å². The predicted octanol–water partition coefficient (Wildman–Crippen LogP) is 9.66. The van der Waals surface area contributed by atoms with Crippen LogP contribution in [0.25, 0.3) is 0 Å². The molecule has 7 rings (SSSR count). The smallest absolute Gasteiger partial charge is 0.338 e. The van der Waals surface area contributed by atoms with E-state index in [4.69, 9.17) is 20.9 Å². The zero-order valence-electron chi connectivity index (χ0n) is 29.4. The molecule has 0 aromatic heterocycles. The van der Waals surface area contributed by atoms with Crippen LogP contribution in [0.5, 0.6) is 0 Å². The van der Waals surface area contributed by atoms with Crippen LogP contribution >= 0.6 is 0 Å². The minimum atomic E-state index is -0.192. The van der Waals surface area contributed by atoms with Gasteiger partial charge in [0.05, 0.1) is 17.8 Å². The molecule has 2 aromatic rings. The molecule has 0 heterocycles. The molecule has 12 atom stereocenters. The molecule has 4 N–H and O–H groups in total. The molecular formula is C42H60N2O3. The minimum absolute atomic E-state index is 0.0466. The number of anilines is 2. The number of esters is 1. The van der Waals surface area contributed by atoms with Crippen LogP contribution in [0, 0.1) is 52.8 Å². The van der Waals surface area contributed by atoms with Gasteiger partial charge in [-0.1, -0.05) is 59.1 Å². The van der Waals surface area contributed by atoms with E-state index in [1.165, 1.54) is 56.9 Å². The van der Waals surface area contributed by atoms with E-state index in [-0.39, 0.29) is 18.2 Å². The highest BCUT2D eigenvalue weighted by Gasteiger charge is 2.60. The highest BCUT2D eigenvalue weighted by atomic mass is 16.5. The molecule has 0 saturated heterocycles. The average molecular weight is 641 g/mol. The third-order valence-corrected chi connectivity index (χ3v) is 14.0. The fraction of sp³-hybridized carbons (Fsp3) is 0.690. The third kappa shape index (κ3) is 6.72. The summed E-state index contributed by atoms with van der Waals surface area (Å²) in [6, 6.07) is 15.6. The van der Waals surface area contributed by atoms with E-state index in [1.807, 2.05) is 36.4 Å². The zero-order valence-corrected chi connectivity index (χ0v) is 29.4. The van der Waals surface area contributed by atoms with Crippen molar-refractivity contribution in [1.82, 2.24) is 0 Å². The molecule has 5 heteroatoms. The van der Waals surface area contributed by atoms with Gasteiger partial charge < -0.3 is 20.9 Å². The summed E-state index contributed by atoms with van der Waals surface area (Å²) in [6.07, 6.45) is 15.5. The van der Waals surface area contributed by atoms with Gasteiger partial charge in [0, 0.05) is 23.2 Å². The Kier molecular flexibility index (Phi) is 9.41. The van der Waals surface area contributed by atoms with Crippen molar-refractivity contribution in [3.05, 3.63) is 59.7 Å². The summed E-state index contributed by atoms with van der Waals surface area (Å²) in [4.78, 5) is 13.6. The Hall–Kier alpha value is -2.53. The number of hydrogen-bond acceptors (Lipinski definition) is 5. The highest BCUT2D eigenvalue weighted by molar-refractivity contribution is 5.89. The molecule has 5 saturated carbocycles. The lowest BCUT2D eigenvalue weighted by atomic mass is 9.48. The zero-order chi connectivity index (χ0) is 32.9. The van der Waals surface area contributed by atoms with Gasteiger partial charge in [0.1, 0.15) is 6.10 Å². The normalized spacial score (nSPS) is 38.2. The number of nitrogen functional groups attached to an aromatic ring is 2. The van der Waals surface area contributed by atoms with Crippen molar-refractivity contribution < 1.29 is 14.3 Å². The van der Waals surface area contributed by atoms with Gasteiger partial charge in [-0.2, -0.15) is 0 Å². The van der Waals surface area contributed by atoms with Crippen LogP contribution in [0.1, 0.15) is 127 Å².